The third kappa shape index (κ3) is 2.90. The van der Waals surface area contributed by atoms with Crippen molar-refractivity contribution in [3.63, 3.8) is 0 Å². The number of carbonyl (C=O) groups is 1. The largest absolute Gasteiger partial charge is 0.453 e. The van der Waals surface area contributed by atoms with Crippen molar-refractivity contribution in [2.24, 2.45) is 0 Å². The Balaban J connectivity index is 2.17. The van der Waals surface area contributed by atoms with E-state index in [1.54, 1.807) is 0 Å². The highest BCUT2D eigenvalue weighted by Crippen LogP contribution is 2.28. The number of para-hydroxylation sites is 2. The summed E-state index contributed by atoms with van der Waals surface area (Å²) in [5.74, 6) is 0. The summed E-state index contributed by atoms with van der Waals surface area (Å²) in [6.45, 7) is 2.11. The third-order valence-corrected chi connectivity index (χ3v) is 3.02. The molecule has 0 aromatic heterocycles. The molecule has 4 nitrogen and oxygen atoms in total. The zero-order valence-electron chi connectivity index (χ0n) is 10.1. The van der Waals surface area contributed by atoms with E-state index >= 15 is 0 Å². The van der Waals surface area contributed by atoms with Crippen molar-refractivity contribution in [2.75, 3.05) is 30.4 Å². The van der Waals surface area contributed by atoms with E-state index in [9.17, 15) is 4.79 Å². The number of piperidine rings is 1. The number of ether oxygens (including phenoxy) is 1. The summed E-state index contributed by atoms with van der Waals surface area (Å²) in [7, 11) is 1.37. The van der Waals surface area contributed by atoms with Gasteiger partial charge in [-0.25, -0.2) is 4.79 Å². The molecule has 1 saturated heterocycles. The minimum atomic E-state index is -0.422. The molecular formula is C13H18N2O2. The van der Waals surface area contributed by atoms with Crippen LogP contribution in [0.5, 0.6) is 0 Å². The minimum Gasteiger partial charge on any atom is -0.453 e. The van der Waals surface area contributed by atoms with Gasteiger partial charge in [0.2, 0.25) is 0 Å². The van der Waals surface area contributed by atoms with Crippen molar-refractivity contribution >= 4 is 17.5 Å². The van der Waals surface area contributed by atoms with E-state index in [2.05, 4.69) is 15.0 Å². The highest BCUT2D eigenvalue weighted by Gasteiger charge is 2.15. The number of methoxy groups -OCH3 is 1. The Kier molecular flexibility index (Phi) is 3.85. The second-order valence-electron chi connectivity index (χ2n) is 4.18. The van der Waals surface area contributed by atoms with E-state index in [0.717, 1.165) is 24.5 Å². The molecule has 2 rings (SSSR count). The maximum atomic E-state index is 11.3. The molecule has 1 aromatic carbocycles. The van der Waals surface area contributed by atoms with Gasteiger partial charge in [0.05, 0.1) is 18.5 Å². The van der Waals surface area contributed by atoms with Gasteiger partial charge in [-0.05, 0) is 31.4 Å². The molecule has 0 saturated carbocycles. The van der Waals surface area contributed by atoms with E-state index < -0.39 is 6.09 Å². The average Bonchev–Trinajstić information content (AvgIpc) is 2.40. The van der Waals surface area contributed by atoms with Crippen molar-refractivity contribution in [3.8, 4) is 0 Å². The Morgan fingerprint density at radius 3 is 2.65 bits per heavy atom. The van der Waals surface area contributed by atoms with Crippen molar-refractivity contribution in [3.05, 3.63) is 24.3 Å². The van der Waals surface area contributed by atoms with Crippen LogP contribution in [0.2, 0.25) is 0 Å². The molecule has 0 bridgehead atoms. The van der Waals surface area contributed by atoms with Gasteiger partial charge in [-0.1, -0.05) is 12.1 Å². The van der Waals surface area contributed by atoms with Crippen LogP contribution in [0.25, 0.3) is 0 Å². The lowest BCUT2D eigenvalue weighted by molar-refractivity contribution is 0.187. The summed E-state index contributed by atoms with van der Waals surface area (Å²) < 4.78 is 4.63. The molecule has 1 N–H and O–H groups in total. The van der Waals surface area contributed by atoms with Crippen molar-refractivity contribution in [1.29, 1.82) is 0 Å². The van der Waals surface area contributed by atoms with Crippen LogP contribution < -0.4 is 10.2 Å². The highest BCUT2D eigenvalue weighted by molar-refractivity contribution is 5.89. The fraction of sp³-hybridized carbons (Fsp3) is 0.462. The Bertz CT molecular complexity index is 387. The first-order valence-electron chi connectivity index (χ1n) is 6.00. The molecule has 17 heavy (non-hydrogen) atoms. The molecule has 4 heteroatoms. The summed E-state index contributed by atoms with van der Waals surface area (Å²) in [6, 6.07) is 7.85. The number of nitrogens with zero attached hydrogens (tertiary/aromatic N) is 1. The predicted octanol–water partition coefficient (Wildman–Crippen LogP) is 2.86. The van der Waals surface area contributed by atoms with Gasteiger partial charge in [0, 0.05) is 13.1 Å². The summed E-state index contributed by atoms with van der Waals surface area (Å²) in [5.41, 5.74) is 1.90. The standard InChI is InChI=1S/C13H18N2O2/c1-17-13(16)14-11-7-3-4-8-12(11)15-9-5-2-6-10-15/h3-4,7-8H,2,5-6,9-10H2,1H3,(H,14,16). The monoisotopic (exact) mass is 234 g/mol. The quantitative estimate of drug-likeness (QED) is 0.855. The van der Waals surface area contributed by atoms with Crippen molar-refractivity contribution in [2.45, 2.75) is 19.3 Å². The SMILES string of the molecule is COC(=O)Nc1ccccc1N1CCCCC1. The maximum absolute atomic E-state index is 11.3. The van der Waals surface area contributed by atoms with E-state index in [1.807, 2.05) is 24.3 Å². The lowest BCUT2D eigenvalue weighted by Gasteiger charge is -2.30. The van der Waals surface area contributed by atoms with Crippen molar-refractivity contribution in [1.82, 2.24) is 0 Å². The first kappa shape index (κ1) is 11.8. The molecule has 1 heterocycles. The van der Waals surface area contributed by atoms with Crippen LogP contribution in [0.1, 0.15) is 19.3 Å². The zero-order chi connectivity index (χ0) is 12.1. The molecule has 0 unspecified atom stereocenters. The Morgan fingerprint density at radius 1 is 1.24 bits per heavy atom. The number of benzene rings is 1. The zero-order valence-corrected chi connectivity index (χ0v) is 10.1. The van der Waals surface area contributed by atoms with E-state index in [0.29, 0.717) is 0 Å². The van der Waals surface area contributed by atoms with Gasteiger partial charge in [0.15, 0.2) is 0 Å². The van der Waals surface area contributed by atoms with Crippen LogP contribution in [0.3, 0.4) is 0 Å². The van der Waals surface area contributed by atoms with Crippen LogP contribution in [0.15, 0.2) is 24.3 Å². The van der Waals surface area contributed by atoms with Gasteiger partial charge < -0.3 is 9.64 Å². The molecule has 0 atom stereocenters. The van der Waals surface area contributed by atoms with Crippen LogP contribution >= 0.6 is 0 Å². The lowest BCUT2D eigenvalue weighted by atomic mass is 10.1. The average molecular weight is 234 g/mol. The van der Waals surface area contributed by atoms with E-state index in [4.69, 9.17) is 0 Å². The number of anilines is 2. The molecular weight excluding hydrogens is 216 g/mol. The molecule has 0 radical (unpaired) electrons. The summed E-state index contributed by atoms with van der Waals surface area (Å²) in [4.78, 5) is 13.6. The van der Waals surface area contributed by atoms with Gasteiger partial charge in [-0.3, -0.25) is 5.32 Å². The Labute approximate surface area is 102 Å². The Hall–Kier alpha value is -1.71. The summed E-state index contributed by atoms with van der Waals surface area (Å²) in [6.07, 6.45) is 3.30. The molecule has 0 aliphatic carbocycles. The molecule has 1 aliphatic heterocycles. The second kappa shape index (κ2) is 5.57. The molecule has 1 amide bonds. The fourth-order valence-corrected chi connectivity index (χ4v) is 2.15. The number of rotatable bonds is 2. The lowest BCUT2D eigenvalue weighted by Crippen LogP contribution is -2.30. The van der Waals surface area contributed by atoms with Gasteiger partial charge >= 0.3 is 6.09 Å². The number of nitrogens with one attached hydrogen (secondary N) is 1. The van der Waals surface area contributed by atoms with Gasteiger partial charge in [-0.15, -0.1) is 0 Å². The van der Waals surface area contributed by atoms with Crippen LogP contribution in [0, 0.1) is 0 Å². The van der Waals surface area contributed by atoms with Crippen LogP contribution in [0.4, 0.5) is 16.2 Å². The first-order chi connectivity index (χ1) is 8.31. The molecule has 92 valence electrons. The van der Waals surface area contributed by atoms with E-state index in [-0.39, 0.29) is 0 Å². The number of hydrogen-bond acceptors (Lipinski definition) is 3. The minimum absolute atomic E-state index is 0.422. The number of amides is 1. The van der Waals surface area contributed by atoms with Gasteiger partial charge in [0.1, 0.15) is 0 Å². The van der Waals surface area contributed by atoms with Gasteiger partial charge in [0.25, 0.3) is 0 Å². The van der Waals surface area contributed by atoms with Gasteiger partial charge in [-0.2, -0.15) is 0 Å². The van der Waals surface area contributed by atoms with Crippen LogP contribution in [-0.2, 0) is 4.74 Å². The molecule has 1 aliphatic rings. The first-order valence-corrected chi connectivity index (χ1v) is 6.00. The topological polar surface area (TPSA) is 41.6 Å². The summed E-state index contributed by atoms with van der Waals surface area (Å²) in [5, 5.41) is 2.75. The smallest absolute Gasteiger partial charge is 0.411 e. The third-order valence-electron chi connectivity index (χ3n) is 3.02. The highest BCUT2D eigenvalue weighted by atomic mass is 16.5. The fourth-order valence-electron chi connectivity index (χ4n) is 2.15. The van der Waals surface area contributed by atoms with Crippen molar-refractivity contribution < 1.29 is 9.53 Å². The number of carbonyl (C=O) groups excluding carboxylic acids is 1. The van der Waals surface area contributed by atoms with E-state index in [1.165, 1.54) is 26.4 Å². The normalized spacial score (nSPS) is 15.5. The second-order valence-corrected chi connectivity index (χ2v) is 4.18. The molecule has 1 aromatic rings. The maximum Gasteiger partial charge on any atom is 0.411 e. The molecule has 0 spiro atoms. The number of hydrogen-bond donors (Lipinski definition) is 1. The molecule has 1 fully saturated rings. The predicted molar refractivity (Wildman–Crippen MR) is 68.5 cm³/mol. The summed E-state index contributed by atoms with van der Waals surface area (Å²) >= 11 is 0. The van der Waals surface area contributed by atoms with Crippen LogP contribution in [-0.4, -0.2) is 26.3 Å². The Morgan fingerprint density at radius 2 is 1.94 bits per heavy atom.